The molecule has 0 unspecified atom stereocenters. The molecule has 0 bridgehead atoms. The van der Waals surface area contributed by atoms with E-state index in [0.717, 1.165) is 27.8 Å². The van der Waals surface area contributed by atoms with Gasteiger partial charge < -0.3 is 14.5 Å². The Morgan fingerprint density at radius 2 is 1.86 bits per heavy atom. The summed E-state index contributed by atoms with van der Waals surface area (Å²) in [5.74, 6) is 1.94. The van der Waals surface area contributed by atoms with E-state index in [-0.39, 0.29) is 0 Å². The second-order valence-electron chi connectivity index (χ2n) is 6.03. The van der Waals surface area contributed by atoms with Crippen LogP contribution >= 0.6 is 23.1 Å². The summed E-state index contributed by atoms with van der Waals surface area (Å²) >= 11 is 3.04. The van der Waals surface area contributed by atoms with Crippen molar-refractivity contribution in [2.24, 2.45) is 0 Å². The van der Waals surface area contributed by atoms with Crippen LogP contribution < -0.4 is 10.1 Å². The molecule has 142 valence electrons. The average molecular weight is 411 g/mol. The fourth-order valence-corrected chi connectivity index (χ4v) is 3.94. The summed E-state index contributed by atoms with van der Waals surface area (Å²) in [5.41, 5.74) is 4.09. The standard InChI is InChI=1S/C20H18N4O2S2/c1-13-3-7-15(8-4-13)21-19-22-16(11-27-19)12-28-20-24-23-18(26-20)14-5-9-17(25-2)10-6-14/h3-11H,12H2,1-2H3,(H,21,22). The van der Waals surface area contributed by atoms with Crippen molar-refractivity contribution in [3.63, 3.8) is 0 Å². The molecule has 1 N–H and O–H groups in total. The molecule has 0 amide bonds. The summed E-state index contributed by atoms with van der Waals surface area (Å²) in [7, 11) is 1.64. The molecule has 0 spiro atoms. The maximum Gasteiger partial charge on any atom is 0.277 e. The SMILES string of the molecule is COc1ccc(-c2nnc(SCc3csc(Nc4ccc(C)cc4)n3)o2)cc1. The second-order valence-corrected chi connectivity index (χ2v) is 7.81. The Balaban J connectivity index is 1.35. The Labute approximate surface area is 171 Å². The third-order valence-electron chi connectivity index (χ3n) is 3.94. The van der Waals surface area contributed by atoms with Gasteiger partial charge in [0.15, 0.2) is 5.13 Å². The van der Waals surface area contributed by atoms with Gasteiger partial charge in [0.25, 0.3) is 5.22 Å². The molecule has 8 heteroatoms. The summed E-state index contributed by atoms with van der Waals surface area (Å²) < 4.78 is 10.9. The van der Waals surface area contributed by atoms with Crippen LogP contribution in [0.4, 0.5) is 10.8 Å². The predicted molar refractivity (Wildman–Crippen MR) is 112 cm³/mol. The van der Waals surface area contributed by atoms with Gasteiger partial charge in [0.1, 0.15) is 5.75 Å². The van der Waals surface area contributed by atoms with Crippen LogP contribution in [0.25, 0.3) is 11.5 Å². The Hall–Kier alpha value is -2.84. The lowest BCUT2D eigenvalue weighted by atomic mass is 10.2. The number of aryl methyl sites for hydroxylation is 1. The van der Waals surface area contributed by atoms with Crippen LogP contribution in [0.1, 0.15) is 11.3 Å². The number of nitrogens with zero attached hydrogens (tertiary/aromatic N) is 3. The zero-order valence-electron chi connectivity index (χ0n) is 15.4. The van der Waals surface area contributed by atoms with Gasteiger partial charge >= 0.3 is 0 Å². The molecule has 4 rings (SSSR count). The highest BCUT2D eigenvalue weighted by Gasteiger charge is 2.11. The first kappa shape index (κ1) is 18.5. The monoisotopic (exact) mass is 410 g/mol. The topological polar surface area (TPSA) is 73.1 Å². The molecule has 0 aliphatic rings. The number of rotatable bonds is 7. The summed E-state index contributed by atoms with van der Waals surface area (Å²) in [6, 6.07) is 15.8. The minimum absolute atomic E-state index is 0.491. The van der Waals surface area contributed by atoms with E-state index in [9.17, 15) is 0 Å². The molecule has 0 saturated heterocycles. The minimum atomic E-state index is 0.491. The lowest BCUT2D eigenvalue weighted by Gasteiger charge is -2.02. The van der Waals surface area contributed by atoms with E-state index in [1.54, 1.807) is 18.4 Å². The van der Waals surface area contributed by atoms with E-state index >= 15 is 0 Å². The van der Waals surface area contributed by atoms with Crippen molar-refractivity contribution in [1.82, 2.24) is 15.2 Å². The number of nitrogens with one attached hydrogen (secondary N) is 1. The first-order valence-electron chi connectivity index (χ1n) is 8.58. The normalized spacial score (nSPS) is 10.8. The number of anilines is 2. The Morgan fingerprint density at radius 3 is 2.61 bits per heavy atom. The van der Waals surface area contributed by atoms with Crippen LogP contribution in [-0.2, 0) is 5.75 Å². The Kier molecular flexibility index (Phi) is 5.59. The Morgan fingerprint density at radius 1 is 1.07 bits per heavy atom. The molecule has 0 saturated carbocycles. The lowest BCUT2D eigenvalue weighted by Crippen LogP contribution is -1.90. The number of hydrogen-bond donors (Lipinski definition) is 1. The van der Waals surface area contributed by atoms with Crippen LogP contribution in [0.2, 0.25) is 0 Å². The number of ether oxygens (including phenoxy) is 1. The molecule has 4 aromatic rings. The number of hydrogen-bond acceptors (Lipinski definition) is 8. The van der Waals surface area contributed by atoms with E-state index in [1.165, 1.54) is 17.3 Å². The number of thiazole rings is 1. The lowest BCUT2D eigenvalue weighted by molar-refractivity contribution is 0.414. The molecule has 28 heavy (non-hydrogen) atoms. The fraction of sp³-hybridized carbons (Fsp3) is 0.150. The highest BCUT2D eigenvalue weighted by molar-refractivity contribution is 7.98. The summed E-state index contributed by atoms with van der Waals surface area (Å²) in [6.07, 6.45) is 0. The molecular formula is C20H18N4O2S2. The fourth-order valence-electron chi connectivity index (χ4n) is 2.45. The number of benzene rings is 2. The average Bonchev–Trinajstić information content (AvgIpc) is 3.38. The number of methoxy groups -OCH3 is 1. The first-order chi connectivity index (χ1) is 13.7. The van der Waals surface area contributed by atoms with Crippen LogP contribution in [-0.4, -0.2) is 22.3 Å². The van der Waals surface area contributed by atoms with Crippen LogP contribution in [0.3, 0.4) is 0 Å². The smallest absolute Gasteiger partial charge is 0.277 e. The van der Waals surface area contributed by atoms with Crippen molar-refractivity contribution < 1.29 is 9.15 Å². The third kappa shape index (κ3) is 4.52. The Bertz CT molecular complexity index is 1040. The maximum absolute atomic E-state index is 5.74. The van der Waals surface area contributed by atoms with E-state index in [2.05, 4.69) is 39.6 Å². The largest absolute Gasteiger partial charge is 0.497 e. The van der Waals surface area contributed by atoms with Crippen LogP contribution in [0.5, 0.6) is 5.75 Å². The highest BCUT2D eigenvalue weighted by atomic mass is 32.2. The van der Waals surface area contributed by atoms with E-state index in [0.29, 0.717) is 16.9 Å². The molecule has 2 aromatic carbocycles. The zero-order valence-corrected chi connectivity index (χ0v) is 17.0. The van der Waals surface area contributed by atoms with Gasteiger partial charge in [0, 0.05) is 22.4 Å². The van der Waals surface area contributed by atoms with Crippen molar-refractivity contribution in [1.29, 1.82) is 0 Å². The predicted octanol–water partition coefficient (Wildman–Crippen LogP) is 5.55. The van der Waals surface area contributed by atoms with Gasteiger partial charge in [0.05, 0.1) is 12.8 Å². The van der Waals surface area contributed by atoms with Gasteiger partial charge in [-0.3, -0.25) is 0 Å². The van der Waals surface area contributed by atoms with Crippen LogP contribution in [0.15, 0.2) is 63.6 Å². The summed E-state index contributed by atoms with van der Waals surface area (Å²) in [6.45, 7) is 2.07. The van der Waals surface area contributed by atoms with Crippen molar-refractivity contribution >= 4 is 33.9 Å². The van der Waals surface area contributed by atoms with E-state index < -0.39 is 0 Å². The molecule has 2 heterocycles. The number of aromatic nitrogens is 3. The quantitative estimate of drug-likeness (QED) is 0.401. The van der Waals surface area contributed by atoms with Gasteiger partial charge in [-0.15, -0.1) is 21.5 Å². The molecule has 0 radical (unpaired) electrons. The van der Waals surface area contributed by atoms with Crippen molar-refractivity contribution in [2.45, 2.75) is 17.9 Å². The molecular weight excluding hydrogens is 392 g/mol. The molecule has 0 aliphatic carbocycles. The second kappa shape index (κ2) is 8.45. The van der Waals surface area contributed by atoms with Crippen molar-refractivity contribution in [3.05, 3.63) is 65.2 Å². The van der Waals surface area contributed by atoms with Gasteiger partial charge in [-0.1, -0.05) is 29.5 Å². The van der Waals surface area contributed by atoms with Crippen LogP contribution in [0, 0.1) is 6.92 Å². The molecule has 2 aromatic heterocycles. The summed E-state index contributed by atoms with van der Waals surface area (Å²) in [5, 5.41) is 15.0. The molecule has 6 nitrogen and oxygen atoms in total. The van der Waals surface area contributed by atoms with Crippen molar-refractivity contribution in [3.8, 4) is 17.2 Å². The van der Waals surface area contributed by atoms with E-state index in [1.807, 2.05) is 41.8 Å². The van der Waals surface area contributed by atoms with Gasteiger partial charge in [-0.2, -0.15) is 0 Å². The first-order valence-corrected chi connectivity index (χ1v) is 10.4. The zero-order chi connectivity index (χ0) is 19.3. The molecule has 0 aliphatic heterocycles. The van der Waals surface area contributed by atoms with Crippen molar-refractivity contribution in [2.75, 3.05) is 12.4 Å². The van der Waals surface area contributed by atoms with Gasteiger partial charge in [-0.05, 0) is 43.3 Å². The van der Waals surface area contributed by atoms with E-state index in [4.69, 9.17) is 9.15 Å². The summed E-state index contributed by atoms with van der Waals surface area (Å²) in [4.78, 5) is 4.61. The minimum Gasteiger partial charge on any atom is -0.497 e. The molecule has 0 fully saturated rings. The van der Waals surface area contributed by atoms with Gasteiger partial charge in [-0.25, -0.2) is 4.98 Å². The molecule has 0 atom stereocenters. The van der Waals surface area contributed by atoms with Gasteiger partial charge in [0.2, 0.25) is 5.89 Å². The maximum atomic E-state index is 5.74. The highest BCUT2D eigenvalue weighted by Crippen LogP contribution is 2.28. The third-order valence-corrected chi connectivity index (χ3v) is 5.60. The number of thioether (sulfide) groups is 1.